The molecular formula is C16H27NO. The second kappa shape index (κ2) is 6.91. The summed E-state index contributed by atoms with van der Waals surface area (Å²) in [5, 5.41) is 12.5. The Bertz CT molecular complexity index is 341. The van der Waals surface area contributed by atoms with Gasteiger partial charge in [0.1, 0.15) is 0 Å². The molecule has 2 N–H and O–H groups in total. The minimum atomic E-state index is -0.00858. The first-order chi connectivity index (χ1) is 8.43. The first-order valence-electron chi connectivity index (χ1n) is 6.86. The number of aliphatic hydroxyl groups is 1. The van der Waals surface area contributed by atoms with Gasteiger partial charge in [-0.25, -0.2) is 0 Å². The van der Waals surface area contributed by atoms with Gasteiger partial charge in [0.05, 0.1) is 0 Å². The average Bonchev–Trinajstić information content (AvgIpc) is 2.27. The zero-order valence-corrected chi connectivity index (χ0v) is 12.2. The van der Waals surface area contributed by atoms with E-state index in [4.69, 9.17) is 5.11 Å². The lowest BCUT2D eigenvalue weighted by molar-refractivity contribution is 0.230. The molecule has 0 atom stereocenters. The van der Waals surface area contributed by atoms with Gasteiger partial charge in [-0.05, 0) is 43.7 Å². The first-order valence-corrected chi connectivity index (χ1v) is 6.86. The van der Waals surface area contributed by atoms with Crippen molar-refractivity contribution in [3.63, 3.8) is 0 Å². The zero-order chi connectivity index (χ0) is 13.6. The van der Waals surface area contributed by atoms with Crippen LogP contribution in [0.25, 0.3) is 0 Å². The van der Waals surface area contributed by atoms with Gasteiger partial charge in [0, 0.05) is 18.7 Å². The lowest BCUT2D eigenvalue weighted by Gasteiger charge is -2.25. The molecule has 1 rings (SSSR count). The maximum Gasteiger partial charge on any atom is 0.0448 e. The van der Waals surface area contributed by atoms with Gasteiger partial charge in [-0.2, -0.15) is 0 Å². The van der Waals surface area contributed by atoms with Crippen LogP contribution in [0.1, 0.15) is 45.2 Å². The third-order valence-electron chi connectivity index (χ3n) is 3.17. The number of rotatable bonds is 7. The average molecular weight is 249 g/mol. The van der Waals surface area contributed by atoms with E-state index in [2.05, 4.69) is 57.3 Å². The summed E-state index contributed by atoms with van der Waals surface area (Å²) in [6, 6.07) is 8.82. The normalized spacial score (nSPS) is 12.1. The van der Waals surface area contributed by atoms with Gasteiger partial charge in [-0.15, -0.1) is 0 Å². The van der Waals surface area contributed by atoms with E-state index in [9.17, 15) is 0 Å². The van der Waals surface area contributed by atoms with Crippen LogP contribution in [-0.2, 0) is 13.0 Å². The molecule has 1 aromatic carbocycles. The van der Waals surface area contributed by atoms with Crippen LogP contribution in [0.3, 0.4) is 0 Å². The van der Waals surface area contributed by atoms with Crippen LogP contribution >= 0.6 is 0 Å². The summed E-state index contributed by atoms with van der Waals surface area (Å²) in [5.41, 5.74) is 2.70. The molecule has 0 aliphatic carbocycles. The topological polar surface area (TPSA) is 32.3 Å². The molecule has 0 aromatic heterocycles. The van der Waals surface area contributed by atoms with Crippen molar-refractivity contribution in [1.82, 2.24) is 5.32 Å². The van der Waals surface area contributed by atoms with Crippen LogP contribution in [0.2, 0.25) is 0 Å². The fourth-order valence-electron chi connectivity index (χ4n) is 1.97. The van der Waals surface area contributed by atoms with E-state index in [0.29, 0.717) is 5.92 Å². The van der Waals surface area contributed by atoms with Crippen molar-refractivity contribution in [3.8, 4) is 0 Å². The second-order valence-electron chi connectivity index (χ2n) is 6.13. The number of benzene rings is 1. The predicted octanol–water partition coefficient (Wildman–Crippen LogP) is 3.14. The highest BCUT2D eigenvalue weighted by Gasteiger charge is 2.15. The van der Waals surface area contributed by atoms with Crippen LogP contribution in [0.15, 0.2) is 24.3 Å². The highest BCUT2D eigenvalue weighted by Crippen LogP contribution is 2.12. The Morgan fingerprint density at radius 1 is 1.11 bits per heavy atom. The fourth-order valence-corrected chi connectivity index (χ4v) is 1.97. The first kappa shape index (κ1) is 15.2. The Balaban J connectivity index is 2.48. The summed E-state index contributed by atoms with van der Waals surface area (Å²) >= 11 is 0. The van der Waals surface area contributed by atoms with Crippen molar-refractivity contribution in [2.75, 3.05) is 6.61 Å². The summed E-state index contributed by atoms with van der Waals surface area (Å²) in [4.78, 5) is 0. The minimum absolute atomic E-state index is 0.00858. The molecule has 0 heterocycles. The van der Waals surface area contributed by atoms with E-state index in [-0.39, 0.29) is 12.1 Å². The molecule has 0 saturated carbocycles. The summed E-state index contributed by atoms with van der Waals surface area (Å²) in [7, 11) is 0. The molecule has 0 radical (unpaired) electrons. The molecule has 0 aliphatic rings. The quantitative estimate of drug-likeness (QED) is 0.778. The smallest absolute Gasteiger partial charge is 0.0448 e. The molecule has 0 fully saturated rings. The van der Waals surface area contributed by atoms with Gasteiger partial charge < -0.3 is 10.4 Å². The van der Waals surface area contributed by atoms with Crippen molar-refractivity contribution in [2.24, 2.45) is 5.92 Å². The van der Waals surface area contributed by atoms with E-state index in [0.717, 1.165) is 19.4 Å². The van der Waals surface area contributed by atoms with Gasteiger partial charge in [-0.3, -0.25) is 0 Å². The Labute approximate surface area is 111 Å². The maximum absolute atomic E-state index is 8.98. The van der Waals surface area contributed by atoms with Crippen molar-refractivity contribution in [1.29, 1.82) is 0 Å². The van der Waals surface area contributed by atoms with E-state index >= 15 is 0 Å². The standard InChI is InChI=1S/C16H27NO/c1-13(2)11-14-5-7-15(8-6-14)12-17-16(3,4)9-10-18/h5-8,13,17-18H,9-12H2,1-4H3. The van der Waals surface area contributed by atoms with Gasteiger partial charge >= 0.3 is 0 Å². The summed E-state index contributed by atoms with van der Waals surface area (Å²) < 4.78 is 0. The van der Waals surface area contributed by atoms with Crippen LogP contribution < -0.4 is 5.32 Å². The molecule has 102 valence electrons. The van der Waals surface area contributed by atoms with E-state index in [1.165, 1.54) is 11.1 Å². The van der Waals surface area contributed by atoms with Crippen LogP contribution in [0.4, 0.5) is 0 Å². The number of hydrogen-bond acceptors (Lipinski definition) is 2. The largest absolute Gasteiger partial charge is 0.396 e. The molecule has 1 aromatic rings. The third kappa shape index (κ3) is 5.65. The minimum Gasteiger partial charge on any atom is -0.396 e. The molecule has 2 heteroatoms. The SMILES string of the molecule is CC(C)Cc1ccc(CNC(C)(C)CCO)cc1. The van der Waals surface area contributed by atoms with Crippen molar-refractivity contribution >= 4 is 0 Å². The molecule has 18 heavy (non-hydrogen) atoms. The fraction of sp³-hybridized carbons (Fsp3) is 0.625. The summed E-state index contributed by atoms with van der Waals surface area (Å²) in [6.07, 6.45) is 1.92. The van der Waals surface area contributed by atoms with Gasteiger partial charge in [0.2, 0.25) is 0 Å². The molecule has 0 spiro atoms. The molecule has 0 saturated heterocycles. The Morgan fingerprint density at radius 2 is 1.67 bits per heavy atom. The molecule has 0 amide bonds. The number of hydrogen-bond donors (Lipinski definition) is 2. The molecule has 0 unspecified atom stereocenters. The zero-order valence-electron chi connectivity index (χ0n) is 12.2. The van der Waals surface area contributed by atoms with Gasteiger partial charge in [0.15, 0.2) is 0 Å². The lowest BCUT2D eigenvalue weighted by Crippen LogP contribution is -2.39. The molecular weight excluding hydrogens is 222 g/mol. The van der Waals surface area contributed by atoms with Gasteiger partial charge in [0.25, 0.3) is 0 Å². The van der Waals surface area contributed by atoms with Crippen molar-refractivity contribution < 1.29 is 5.11 Å². The molecule has 2 nitrogen and oxygen atoms in total. The lowest BCUT2D eigenvalue weighted by atomic mass is 9.99. The van der Waals surface area contributed by atoms with Crippen LogP contribution in [0.5, 0.6) is 0 Å². The number of aliphatic hydroxyl groups excluding tert-OH is 1. The summed E-state index contributed by atoms with van der Waals surface area (Å²) in [6.45, 7) is 9.81. The second-order valence-corrected chi connectivity index (χ2v) is 6.13. The van der Waals surface area contributed by atoms with Gasteiger partial charge in [-0.1, -0.05) is 38.1 Å². The highest BCUT2D eigenvalue weighted by atomic mass is 16.3. The monoisotopic (exact) mass is 249 g/mol. The molecule has 0 aliphatic heterocycles. The van der Waals surface area contributed by atoms with Crippen LogP contribution in [0, 0.1) is 5.92 Å². The van der Waals surface area contributed by atoms with E-state index in [1.807, 2.05) is 0 Å². The Kier molecular flexibility index (Phi) is 5.83. The third-order valence-corrected chi connectivity index (χ3v) is 3.17. The van der Waals surface area contributed by atoms with Crippen LogP contribution in [-0.4, -0.2) is 17.3 Å². The Morgan fingerprint density at radius 3 is 2.17 bits per heavy atom. The number of nitrogens with one attached hydrogen (secondary N) is 1. The predicted molar refractivity (Wildman–Crippen MR) is 77.6 cm³/mol. The highest BCUT2D eigenvalue weighted by molar-refractivity contribution is 5.22. The molecule has 0 bridgehead atoms. The van der Waals surface area contributed by atoms with E-state index in [1.54, 1.807) is 0 Å². The van der Waals surface area contributed by atoms with Crippen molar-refractivity contribution in [2.45, 2.75) is 52.6 Å². The summed E-state index contributed by atoms with van der Waals surface area (Å²) in [5.74, 6) is 0.706. The van der Waals surface area contributed by atoms with Crippen molar-refractivity contribution in [3.05, 3.63) is 35.4 Å². The Hall–Kier alpha value is -0.860. The van der Waals surface area contributed by atoms with E-state index < -0.39 is 0 Å². The maximum atomic E-state index is 8.98.